The zero-order valence-corrected chi connectivity index (χ0v) is 23.3. The molecular weight excluding hydrogens is 408 g/mol. The van der Waals surface area contributed by atoms with Gasteiger partial charge >= 0.3 is 0 Å². The van der Waals surface area contributed by atoms with Crippen molar-refractivity contribution in [1.29, 1.82) is 0 Å². The summed E-state index contributed by atoms with van der Waals surface area (Å²) in [5.74, 6) is 1.88. The molecule has 0 amide bonds. The molecule has 0 bridgehead atoms. The molecule has 2 aromatic carbocycles. The summed E-state index contributed by atoms with van der Waals surface area (Å²) in [5.41, 5.74) is 3.21. The Bertz CT molecular complexity index is 830. The zero-order chi connectivity index (χ0) is 23.3. The predicted octanol–water partition coefficient (Wildman–Crippen LogP) is 8.72. The van der Waals surface area contributed by atoms with Crippen molar-refractivity contribution in [3.8, 4) is 0 Å². The van der Waals surface area contributed by atoms with E-state index in [1.54, 1.807) is 0 Å². The fourth-order valence-corrected chi connectivity index (χ4v) is 9.27. The van der Waals surface area contributed by atoms with E-state index in [9.17, 15) is 0 Å². The van der Waals surface area contributed by atoms with Gasteiger partial charge in [-0.15, -0.1) is 0 Å². The highest BCUT2D eigenvalue weighted by Crippen LogP contribution is 2.53. The lowest BCUT2D eigenvalue weighted by atomic mass is 9.99. The molecule has 1 atom stereocenters. The summed E-state index contributed by atoms with van der Waals surface area (Å²) in [5, 5.41) is 0.293. The molecule has 0 aromatic heterocycles. The van der Waals surface area contributed by atoms with Gasteiger partial charge in [-0.05, 0) is 60.6 Å². The van der Waals surface area contributed by atoms with Gasteiger partial charge in [0.1, 0.15) is 0 Å². The molecule has 1 nitrogen and oxygen atoms in total. The Morgan fingerprint density at radius 1 is 0.839 bits per heavy atom. The minimum Gasteiger partial charge on any atom is -0.548 e. The minimum atomic E-state index is -1.78. The molecule has 2 aromatic rings. The smallest absolute Gasteiger partial charge is 0.241 e. The van der Waals surface area contributed by atoms with Crippen molar-refractivity contribution in [3.63, 3.8) is 0 Å². The Morgan fingerprint density at radius 2 is 1.32 bits per heavy atom. The van der Waals surface area contributed by atoms with Gasteiger partial charge in [0.15, 0.2) is 0 Å². The normalized spacial score (nSPS) is 14.6. The van der Waals surface area contributed by atoms with Crippen LogP contribution in [0.25, 0.3) is 0 Å². The molecular formula is C28H44OSi2. The third-order valence-electron chi connectivity index (χ3n) is 7.41. The van der Waals surface area contributed by atoms with Gasteiger partial charge in [-0.3, -0.25) is 0 Å². The number of hydrogen-bond acceptors (Lipinski definition) is 1. The minimum absolute atomic E-state index is 0.293. The maximum atomic E-state index is 6.89. The molecule has 3 heteroatoms. The Hall–Kier alpha value is -1.59. The van der Waals surface area contributed by atoms with Crippen LogP contribution >= 0.6 is 0 Å². The van der Waals surface area contributed by atoms with E-state index in [0.29, 0.717) is 16.5 Å². The topological polar surface area (TPSA) is 9.23 Å². The number of hydrogen-bond donors (Lipinski definition) is 0. The van der Waals surface area contributed by atoms with E-state index < -0.39 is 16.4 Å². The average molecular weight is 453 g/mol. The van der Waals surface area contributed by atoms with Gasteiger partial charge in [0.2, 0.25) is 8.32 Å². The summed E-state index contributed by atoms with van der Waals surface area (Å²) in [7, 11) is -3.53. The van der Waals surface area contributed by atoms with Gasteiger partial charge in [0.05, 0.1) is 13.8 Å². The molecule has 0 radical (unpaired) electrons. The van der Waals surface area contributed by atoms with E-state index in [2.05, 4.69) is 127 Å². The summed E-state index contributed by atoms with van der Waals surface area (Å²) in [6.07, 6.45) is 4.40. The zero-order valence-electron chi connectivity index (χ0n) is 21.3. The Morgan fingerprint density at radius 3 is 1.77 bits per heavy atom. The second-order valence-electron chi connectivity index (χ2n) is 11.4. The summed E-state index contributed by atoms with van der Waals surface area (Å²) in [4.78, 5) is 0. The first-order valence-corrected chi connectivity index (χ1v) is 18.3. The molecule has 2 rings (SSSR count). The molecule has 0 saturated heterocycles. The van der Waals surface area contributed by atoms with E-state index in [-0.39, 0.29) is 0 Å². The molecule has 0 aliphatic carbocycles. The predicted molar refractivity (Wildman–Crippen MR) is 143 cm³/mol. The van der Waals surface area contributed by atoms with Crippen molar-refractivity contribution >= 4 is 16.4 Å². The highest BCUT2D eigenvalue weighted by atomic mass is 28.4. The Kier molecular flexibility index (Phi) is 8.57. The van der Waals surface area contributed by atoms with Gasteiger partial charge < -0.3 is 4.43 Å². The standard InChI is InChI=1S/C28H44OSi2/c1-23(2)28(3,4)31(8,9)27(22-25-18-14-11-15-19-25)26(29-30(5,6)7)21-20-24-16-12-10-13-17-24/h10-19,21,23,27H,20,22H2,1-9H3/b26-21-. The van der Waals surface area contributed by atoms with E-state index >= 15 is 0 Å². The van der Waals surface area contributed by atoms with E-state index in [0.717, 1.165) is 12.8 Å². The van der Waals surface area contributed by atoms with Crippen molar-refractivity contribution in [2.75, 3.05) is 0 Å². The van der Waals surface area contributed by atoms with Gasteiger partial charge in [0, 0.05) is 5.54 Å². The molecule has 0 spiro atoms. The summed E-state index contributed by atoms with van der Waals surface area (Å²) >= 11 is 0. The molecule has 170 valence electrons. The molecule has 0 saturated carbocycles. The van der Waals surface area contributed by atoms with Crippen LogP contribution in [-0.4, -0.2) is 16.4 Å². The van der Waals surface area contributed by atoms with Crippen molar-refractivity contribution in [3.05, 3.63) is 83.6 Å². The first kappa shape index (κ1) is 25.7. The Labute approximate surface area is 194 Å². The number of benzene rings is 2. The quantitative estimate of drug-likeness (QED) is 0.258. The number of rotatable bonds is 10. The van der Waals surface area contributed by atoms with Crippen LogP contribution < -0.4 is 0 Å². The van der Waals surface area contributed by atoms with Crippen LogP contribution in [0, 0.1) is 5.92 Å². The summed E-state index contributed by atoms with van der Waals surface area (Å²) in [6, 6.07) is 21.8. The number of allylic oxidation sites excluding steroid dienone is 2. The third kappa shape index (κ3) is 6.95. The van der Waals surface area contributed by atoms with Crippen LogP contribution in [0.3, 0.4) is 0 Å². The first-order chi connectivity index (χ1) is 14.3. The van der Waals surface area contributed by atoms with Crippen LogP contribution in [0.1, 0.15) is 38.8 Å². The fraction of sp³-hybridized carbons (Fsp3) is 0.500. The molecule has 31 heavy (non-hydrogen) atoms. The van der Waals surface area contributed by atoms with Crippen molar-refractivity contribution in [2.24, 2.45) is 5.92 Å². The average Bonchev–Trinajstić information content (AvgIpc) is 2.69. The highest BCUT2D eigenvalue weighted by molar-refractivity contribution is 6.82. The highest BCUT2D eigenvalue weighted by Gasteiger charge is 2.48. The third-order valence-corrected chi connectivity index (χ3v) is 14.4. The fourth-order valence-electron chi connectivity index (χ4n) is 4.20. The van der Waals surface area contributed by atoms with Crippen molar-refractivity contribution in [1.82, 2.24) is 0 Å². The molecule has 0 aliphatic heterocycles. The van der Waals surface area contributed by atoms with Crippen LogP contribution in [0.2, 0.25) is 43.3 Å². The van der Waals surface area contributed by atoms with E-state index in [1.165, 1.54) is 16.9 Å². The maximum absolute atomic E-state index is 6.89. The van der Waals surface area contributed by atoms with Gasteiger partial charge in [-0.25, -0.2) is 0 Å². The van der Waals surface area contributed by atoms with E-state index in [4.69, 9.17) is 4.43 Å². The lowest BCUT2D eigenvalue weighted by Gasteiger charge is -2.49. The lowest BCUT2D eigenvalue weighted by molar-refractivity contribution is 0.381. The molecule has 0 fully saturated rings. The second-order valence-corrected chi connectivity index (χ2v) is 21.2. The Balaban J connectivity index is 2.56. The summed E-state index contributed by atoms with van der Waals surface area (Å²) < 4.78 is 6.89. The van der Waals surface area contributed by atoms with Crippen LogP contribution in [0.5, 0.6) is 0 Å². The maximum Gasteiger partial charge on any atom is 0.241 e. The SMILES string of the molecule is CC(C)C(C)(C)[Si](C)(C)C(Cc1ccccc1)/C(=C/Cc1ccccc1)O[Si](C)(C)C. The lowest BCUT2D eigenvalue weighted by Crippen LogP contribution is -2.48. The van der Waals surface area contributed by atoms with Crippen molar-refractivity contribution < 1.29 is 4.43 Å². The monoisotopic (exact) mass is 452 g/mol. The first-order valence-electron chi connectivity index (χ1n) is 11.8. The molecule has 1 unspecified atom stereocenters. The van der Waals surface area contributed by atoms with Crippen LogP contribution in [0.4, 0.5) is 0 Å². The van der Waals surface area contributed by atoms with Crippen LogP contribution in [-0.2, 0) is 17.3 Å². The summed E-state index contributed by atoms with van der Waals surface area (Å²) in [6.45, 7) is 21.9. The van der Waals surface area contributed by atoms with Crippen molar-refractivity contribution in [2.45, 2.75) is 83.9 Å². The largest absolute Gasteiger partial charge is 0.548 e. The molecule has 0 N–H and O–H groups in total. The van der Waals surface area contributed by atoms with Gasteiger partial charge in [-0.1, -0.05) is 101 Å². The molecule has 0 heterocycles. The molecule has 0 aliphatic rings. The van der Waals surface area contributed by atoms with E-state index in [1.807, 2.05) is 0 Å². The van der Waals surface area contributed by atoms with Crippen LogP contribution in [0.15, 0.2) is 72.5 Å². The van der Waals surface area contributed by atoms with Gasteiger partial charge in [0.25, 0.3) is 0 Å². The van der Waals surface area contributed by atoms with Gasteiger partial charge in [-0.2, -0.15) is 0 Å². The second kappa shape index (κ2) is 10.4.